The first-order valence-electron chi connectivity index (χ1n) is 6.24. The van der Waals surface area contributed by atoms with E-state index in [9.17, 15) is 10.2 Å². The van der Waals surface area contributed by atoms with Crippen LogP contribution >= 0.6 is 0 Å². The molecule has 2 aromatic rings. The Balaban J connectivity index is 1.92. The van der Waals surface area contributed by atoms with Crippen molar-refractivity contribution < 1.29 is 19.7 Å². The summed E-state index contributed by atoms with van der Waals surface area (Å²) in [5.74, 6) is 1.99. The highest BCUT2D eigenvalue weighted by molar-refractivity contribution is 5.67. The molecule has 0 saturated heterocycles. The van der Waals surface area contributed by atoms with E-state index >= 15 is 0 Å². The normalized spacial score (nSPS) is 13.2. The lowest BCUT2D eigenvalue weighted by Gasteiger charge is -2.19. The molecule has 2 aromatic carbocycles. The zero-order valence-corrected chi connectivity index (χ0v) is 11.0. The molecule has 20 heavy (non-hydrogen) atoms. The van der Waals surface area contributed by atoms with E-state index in [1.807, 2.05) is 30.3 Å². The lowest BCUT2D eigenvalue weighted by Crippen LogP contribution is -2.04. The summed E-state index contributed by atoms with van der Waals surface area (Å²) in [5.41, 5.74) is 1.60. The fourth-order valence-corrected chi connectivity index (χ4v) is 2.20. The third-order valence-electron chi connectivity index (χ3n) is 3.26. The minimum absolute atomic E-state index is 0.0165. The molecule has 0 spiro atoms. The summed E-state index contributed by atoms with van der Waals surface area (Å²) in [4.78, 5) is 0. The molecule has 3 rings (SSSR count). The number of hydrogen-bond acceptors (Lipinski definition) is 4. The Labute approximate surface area is 116 Å². The van der Waals surface area contributed by atoms with Crippen LogP contribution in [0.15, 0.2) is 42.5 Å². The van der Waals surface area contributed by atoms with Gasteiger partial charge >= 0.3 is 0 Å². The predicted octanol–water partition coefficient (Wildman–Crippen LogP) is 3.08. The van der Waals surface area contributed by atoms with Gasteiger partial charge in [0, 0.05) is 29.7 Å². The van der Waals surface area contributed by atoms with Gasteiger partial charge in [-0.1, -0.05) is 0 Å². The zero-order chi connectivity index (χ0) is 14.1. The molecule has 0 radical (unpaired) electrons. The van der Waals surface area contributed by atoms with Gasteiger partial charge in [-0.15, -0.1) is 0 Å². The molecule has 1 aliphatic rings. The van der Waals surface area contributed by atoms with Gasteiger partial charge in [0.2, 0.25) is 0 Å². The van der Waals surface area contributed by atoms with Crippen molar-refractivity contribution in [1.29, 1.82) is 0 Å². The second-order valence-electron chi connectivity index (χ2n) is 4.54. The summed E-state index contributed by atoms with van der Waals surface area (Å²) in [5, 5.41) is 19.3. The largest absolute Gasteiger partial charge is 0.508 e. The molecule has 0 amide bonds. The average Bonchev–Trinajstić information content (AvgIpc) is 2.46. The van der Waals surface area contributed by atoms with Gasteiger partial charge in [-0.2, -0.15) is 0 Å². The summed E-state index contributed by atoms with van der Waals surface area (Å²) in [6, 6.07) is 10.3. The third-order valence-corrected chi connectivity index (χ3v) is 3.26. The molecule has 0 fully saturated rings. The van der Waals surface area contributed by atoms with Crippen LogP contribution in [0.4, 0.5) is 0 Å². The van der Waals surface area contributed by atoms with Crippen LogP contribution < -0.4 is 9.47 Å². The molecule has 102 valence electrons. The first-order chi connectivity index (χ1) is 9.67. The highest BCUT2D eigenvalue weighted by Gasteiger charge is 2.18. The third kappa shape index (κ3) is 2.16. The Morgan fingerprint density at radius 3 is 2.55 bits per heavy atom. The van der Waals surface area contributed by atoms with E-state index in [2.05, 4.69) is 0 Å². The van der Waals surface area contributed by atoms with Gasteiger partial charge in [-0.05, 0) is 30.3 Å². The summed E-state index contributed by atoms with van der Waals surface area (Å²) < 4.78 is 10.9. The Hall–Kier alpha value is -2.62. The molecular formula is C16H14O4. The Kier molecular flexibility index (Phi) is 2.99. The maximum absolute atomic E-state index is 9.78. The maximum atomic E-state index is 9.78. The van der Waals surface area contributed by atoms with Crippen molar-refractivity contribution in [2.75, 3.05) is 7.11 Å². The van der Waals surface area contributed by atoms with E-state index in [1.54, 1.807) is 7.11 Å². The second-order valence-corrected chi connectivity index (χ2v) is 4.54. The van der Waals surface area contributed by atoms with Crippen LogP contribution in [0, 0.1) is 0 Å². The SMILES string of the molecule is COc1ccc(C2=CCc3c(O)cc(O)cc3O2)cc1. The van der Waals surface area contributed by atoms with Crippen molar-refractivity contribution in [2.24, 2.45) is 0 Å². The Morgan fingerprint density at radius 1 is 1.10 bits per heavy atom. The number of ether oxygens (including phenoxy) is 2. The molecule has 4 nitrogen and oxygen atoms in total. The van der Waals surface area contributed by atoms with Crippen LogP contribution in [0.5, 0.6) is 23.0 Å². The van der Waals surface area contributed by atoms with Gasteiger partial charge < -0.3 is 19.7 Å². The number of fused-ring (bicyclic) bond motifs is 1. The highest BCUT2D eigenvalue weighted by atomic mass is 16.5. The predicted molar refractivity (Wildman–Crippen MR) is 75.1 cm³/mol. The quantitative estimate of drug-likeness (QED) is 0.880. The van der Waals surface area contributed by atoms with Crippen LogP contribution in [0.3, 0.4) is 0 Å². The summed E-state index contributed by atoms with van der Waals surface area (Å²) in [6.07, 6.45) is 2.46. The van der Waals surface area contributed by atoms with E-state index in [-0.39, 0.29) is 11.5 Å². The van der Waals surface area contributed by atoms with Crippen molar-refractivity contribution in [2.45, 2.75) is 6.42 Å². The van der Waals surface area contributed by atoms with Crippen LogP contribution in [0.2, 0.25) is 0 Å². The van der Waals surface area contributed by atoms with Crippen LogP contribution in [0.25, 0.3) is 5.76 Å². The number of aromatic hydroxyl groups is 2. The topological polar surface area (TPSA) is 58.9 Å². The number of phenols is 2. The van der Waals surface area contributed by atoms with Crippen molar-refractivity contribution in [1.82, 2.24) is 0 Å². The monoisotopic (exact) mass is 270 g/mol. The van der Waals surface area contributed by atoms with Gasteiger partial charge in [0.15, 0.2) is 0 Å². The van der Waals surface area contributed by atoms with E-state index in [1.165, 1.54) is 12.1 Å². The Bertz CT molecular complexity index is 672. The molecule has 0 unspecified atom stereocenters. The molecule has 1 aliphatic heterocycles. The summed E-state index contributed by atoms with van der Waals surface area (Å²) in [6.45, 7) is 0. The molecule has 0 aliphatic carbocycles. The van der Waals surface area contributed by atoms with Gasteiger partial charge in [0.05, 0.1) is 7.11 Å². The number of phenolic OH excluding ortho intramolecular Hbond substituents is 2. The lowest BCUT2D eigenvalue weighted by atomic mass is 10.0. The van der Waals surface area contributed by atoms with Crippen LogP contribution in [0.1, 0.15) is 11.1 Å². The number of allylic oxidation sites excluding steroid dienone is 1. The van der Waals surface area contributed by atoms with Crippen LogP contribution in [-0.4, -0.2) is 17.3 Å². The van der Waals surface area contributed by atoms with E-state index in [0.717, 1.165) is 11.3 Å². The van der Waals surface area contributed by atoms with Gasteiger partial charge in [0.25, 0.3) is 0 Å². The number of methoxy groups -OCH3 is 1. The fourth-order valence-electron chi connectivity index (χ4n) is 2.20. The first-order valence-corrected chi connectivity index (χ1v) is 6.24. The lowest BCUT2D eigenvalue weighted by molar-refractivity contribution is 0.414. The number of hydrogen-bond donors (Lipinski definition) is 2. The summed E-state index contributed by atoms with van der Waals surface area (Å²) >= 11 is 0. The zero-order valence-electron chi connectivity index (χ0n) is 11.0. The van der Waals surface area contributed by atoms with Crippen molar-refractivity contribution in [3.05, 3.63) is 53.6 Å². The maximum Gasteiger partial charge on any atom is 0.138 e. The molecule has 0 aromatic heterocycles. The number of rotatable bonds is 2. The average molecular weight is 270 g/mol. The second kappa shape index (κ2) is 4.81. The van der Waals surface area contributed by atoms with Crippen molar-refractivity contribution in [3.63, 3.8) is 0 Å². The molecule has 0 bridgehead atoms. The molecule has 0 atom stereocenters. The Morgan fingerprint density at radius 2 is 1.85 bits per heavy atom. The number of benzene rings is 2. The van der Waals surface area contributed by atoms with Crippen molar-refractivity contribution in [3.8, 4) is 23.0 Å². The first kappa shape index (κ1) is 12.4. The molecule has 4 heteroatoms. The van der Waals surface area contributed by atoms with Gasteiger partial charge in [0.1, 0.15) is 28.8 Å². The van der Waals surface area contributed by atoms with Gasteiger partial charge in [-0.3, -0.25) is 0 Å². The van der Waals surface area contributed by atoms with E-state index in [0.29, 0.717) is 23.5 Å². The smallest absolute Gasteiger partial charge is 0.138 e. The molecule has 1 heterocycles. The molecular weight excluding hydrogens is 256 g/mol. The standard InChI is InChI=1S/C16H14O4/c1-19-12-4-2-10(3-5-12)15-7-6-13-14(18)8-11(17)9-16(13)20-15/h2-5,7-9,17-18H,6H2,1H3. The molecule has 0 saturated carbocycles. The van der Waals surface area contributed by atoms with Crippen LogP contribution in [-0.2, 0) is 6.42 Å². The van der Waals surface area contributed by atoms with E-state index < -0.39 is 0 Å². The molecule has 2 N–H and O–H groups in total. The minimum Gasteiger partial charge on any atom is -0.508 e. The van der Waals surface area contributed by atoms with Gasteiger partial charge in [-0.25, -0.2) is 0 Å². The van der Waals surface area contributed by atoms with E-state index in [4.69, 9.17) is 9.47 Å². The fraction of sp³-hybridized carbons (Fsp3) is 0.125. The highest BCUT2D eigenvalue weighted by Crippen LogP contribution is 2.38. The summed E-state index contributed by atoms with van der Waals surface area (Å²) in [7, 11) is 1.62. The van der Waals surface area contributed by atoms with Crippen molar-refractivity contribution >= 4 is 5.76 Å². The minimum atomic E-state index is -0.0165.